The van der Waals surface area contributed by atoms with Crippen LogP contribution in [-0.2, 0) is 6.54 Å². The molecule has 0 spiro atoms. The van der Waals surface area contributed by atoms with Gasteiger partial charge in [0.25, 0.3) is 0 Å². The highest BCUT2D eigenvalue weighted by Crippen LogP contribution is 2.19. The van der Waals surface area contributed by atoms with E-state index in [4.69, 9.17) is 0 Å². The SMILES string of the molecule is CCCn1cc(NC(=O)N2CCN([C@@H](C)c3ccccn3)CC2)cn1. The van der Waals surface area contributed by atoms with Crippen molar-refractivity contribution in [3.63, 3.8) is 0 Å². The highest BCUT2D eigenvalue weighted by Gasteiger charge is 2.25. The minimum atomic E-state index is -0.0545. The third kappa shape index (κ3) is 4.36. The van der Waals surface area contributed by atoms with Gasteiger partial charge in [-0.05, 0) is 25.5 Å². The predicted octanol–water partition coefficient (Wildman–Crippen LogP) is 2.60. The summed E-state index contributed by atoms with van der Waals surface area (Å²) < 4.78 is 1.85. The van der Waals surface area contributed by atoms with Crippen molar-refractivity contribution in [2.45, 2.75) is 32.9 Å². The van der Waals surface area contributed by atoms with E-state index in [1.54, 1.807) is 6.20 Å². The minimum Gasteiger partial charge on any atom is -0.322 e. The number of amides is 2. The Hall–Kier alpha value is -2.41. The number of aryl methyl sites for hydroxylation is 1. The number of hydrogen-bond acceptors (Lipinski definition) is 4. The molecule has 0 aliphatic carbocycles. The van der Waals surface area contributed by atoms with Gasteiger partial charge in [-0.25, -0.2) is 4.79 Å². The maximum atomic E-state index is 12.4. The molecule has 1 atom stereocenters. The second-order valence-electron chi connectivity index (χ2n) is 6.38. The summed E-state index contributed by atoms with van der Waals surface area (Å²) in [6.45, 7) is 8.25. The van der Waals surface area contributed by atoms with E-state index in [1.807, 2.05) is 34.1 Å². The number of nitrogens with one attached hydrogen (secondary N) is 1. The first-order chi connectivity index (χ1) is 12.2. The summed E-state index contributed by atoms with van der Waals surface area (Å²) in [6, 6.07) is 6.21. The zero-order valence-corrected chi connectivity index (χ0v) is 14.9. The Morgan fingerprint density at radius 3 is 2.76 bits per heavy atom. The van der Waals surface area contributed by atoms with E-state index in [-0.39, 0.29) is 12.1 Å². The zero-order valence-electron chi connectivity index (χ0n) is 14.9. The van der Waals surface area contributed by atoms with Crippen LogP contribution in [-0.4, -0.2) is 56.8 Å². The first kappa shape index (κ1) is 17.4. The van der Waals surface area contributed by atoms with Crippen LogP contribution in [0.4, 0.5) is 10.5 Å². The van der Waals surface area contributed by atoms with E-state index >= 15 is 0 Å². The number of rotatable bonds is 5. The molecule has 3 rings (SSSR count). The van der Waals surface area contributed by atoms with Gasteiger partial charge in [0.2, 0.25) is 0 Å². The lowest BCUT2D eigenvalue weighted by Crippen LogP contribution is -2.50. The minimum absolute atomic E-state index is 0.0545. The van der Waals surface area contributed by atoms with Gasteiger partial charge in [0, 0.05) is 51.2 Å². The van der Waals surface area contributed by atoms with Crippen LogP contribution in [0.3, 0.4) is 0 Å². The van der Waals surface area contributed by atoms with Crippen LogP contribution >= 0.6 is 0 Å². The molecule has 2 amide bonds. The number of hydrogen-bond donors (Lipinski definition) is 1. The number of anilines is 1. The fourth-order valence-electron chi connectivity index (χ4n) is 3.10. The van der Waals surface area contributed by atoms with Gasteiger partial charge < -0.3 is 10.2 Å². The molecule has 7 nitrogen and oxygen atoms in total. The Bertz CT molecular complexity index is 678. The number of urea groups is 1. The molecule has 1 aliphatic heterocycles. The van der Waals surface area contributed by atoms with E-state index in [0.29, 0.717) is 13.1 Å². The average molecular weight is 342 g/mol. The summed E-state index contributed by atoms with van der Waals surface area (Å²) in [5, 5.41) is 7.18. The number of piperazine rings is 1. The summed E-state index contributed by atoms with van der Waals surface area (Å²) in [5.74, 6) is 0. The van der Waals surface area contributed by atoms with Gasteiger partial charge in [-0.3, -0.25) is 14.6 Å². The van der Waals surface area contributed by atoms with Crippen molar-refractivity contribution < 1.29 is 4.79 Å². The van der Waals surface area contributed by atoms with Crippen LogP contribution in [0, 0.1) is 0 Å². The molecular formula is C18H26N6O. The monoisotopic (exact) mass is 342 g/mol. The molecule has 1 saturated heterocycles. The fraction of sp³-hybridized carbons (Fsp3) is 0.500. The van der Waals surface area contributed by atoms with Gasteiger partial charge in [-0.15, -0.1) is 0 Å². The molecule has 0 saturated carbocycles. The highest BCUT2D eigenvalue weighted by atomic mass is 16.2. The van der Waals surface area contributed by atoms with E-state index in [0.717, 1.165) is 37.4 Å². The second-order valence-corrected chi connectivity index (χ2v) is 6.38. The molecule has 0 unspecified atom stereocenters. The van der Waals surface area contributed by atoms with Crippen molar-refractivity contribution >= 4 is 11.7 Å². The molecule has 1 N–H and O–H groups in total. The fourth-order valence-corrected chi connectivity index (χ4v) is 3.10. The Labute approximate surface area is 148 Å². The van der Waals surface area contributed by atoms with E-state index in [1.165, 1.54) is 0 Å². The molecule has 0 radical (unpaired) electrons. The van der Waals surface area contributed by atoms with Crippen molar-refractivity contribution in [1.82, 2.24) is 24.6 Å². The maximum absolute atomic E-state index is 12.4. The molecule has 7 heteroatoms. The zero-order chi connectivity index (χ0) is 17.6. The van der Waals surface area contributed by atoms with Gasteiger partial charge >= 0.3 is 6.03 Å². The van der Waals surface area contributed by atoms with Crippen molar-refractivity contribution in [3.05, 3.63) is 42.5 Å². The topological polar surface area (TPSA) is 66.3 Å². The Kier molecular flexibility index (Phi) is 5.65. The number of carbonyl (C=O) groups is 1. The van der Waals surface area contributed by atoms with Crippen LogP contribution in [0.25, 0.3) is 0 Å². The normalized spacial score (nSPS) is 16.6. The number of aromatic nitrogens is 3. The van der Waals surface area contributed by atoms with E-state index < -0.39 is 0 Å². The van der Waals surface area contributed by atoms with Gasteiger partial charge in [0.05, 0.1) is 17.6 Å². The Morgan fingerprint density at radius 2 is 2.08 bits per heavy atom. The smallest absolute Gasteiger partial charge is 0.322 e. The summed E-state index contributed by atoms with van der Waals surface area (Å²) in [4.78, 5) is 21.1. The van der Waals surface area contributed by atoms with Crippen LogP contribution < -0.4 is 5.32 Å². The van der Waals surface area contributed by atoms with Crippen LogP contribution in [0.15, 0.2) is 36.8 Å². The summed E-state index contributed by atoms with van der Waals surface area (Å²) in [7, 11) is 0. The molecule has 134 valence electrons. The van der Waals surface area contributed by atoms with Crippen LogP contribution in [0.1, 0.15) is 32.0 Å². The molecular weight excluding hydrogens is 316 g/mol. The van der Waals surface area contributed by atoms with Gasteiger partial charge in [0.15, 0.2) is 0 Å². The maximum Gasteiger partial charge on any atom is 0.322 e. The van der Waals surface area contributed by atoms with Crippen molar-refractivity contribution in [2.75, 3.05) is 31.5 Å². The third-order valence-electron chi connectivity index (χ3n) is 4.60. The van der Waals surface area contributed by atoms with Gasteiger partial charge in [-0.1, -0.05) is 13.0 Å². The van der Waals surface area contributed by atoms with Crippen molar-refractivity contribution in [3.8, 4) is 0 Å². The lowest BCUT2D eigenvalue weighted by Gasteiger charge is -2.37. The number of nitrogens with zero attached hydrogens (tertiary/aromatic N) is 5. The summed E-state index contributed by atoms with van der Waals surface area (Å²) in [6.07, 6.45) is 6.42. The van der Waals surface area contributed by atoms with Gasteiger partial charge in [0.1, 0.15) is 0 Å². The second kappa shape index (κ2) is 8.11. The molecule has 0 bridgehead atoms. The average Bonchev–Trinajstić information content (AvgIpc) is 3.09. The number of pyridine rings is 1. The molecule has 1 fully saturated rings. The van der Waals surface area contributed by atoms with Crippen molar-refractivity contribution in [1.29, 1.82) is 0 Å². The predicted molar refractivity (Wildman–Crippen MR) is 97.3 cm³/mol. The lowest BCUT2D eigenvalue weighted by atomic mass is 10.1. The van der Waals surface area contributed by atoms with E-state index in [9.17, 15) is 4.79 Å². The first-order valence-electron chi connectivity index (χ1n) is 8.90. The Morgan fingerprint density at radius 1 is 1.28 bits per heavy atom. The molecule has 1 aliphatic rings. The molecule has 0 aromatic carbocycles. The lowest BCUT2D eigenvalue weighted by molar-refractivity contribution is 0.118. The molecule has 25 heavy (non-hydrogen) atoms. The summed E-state index contributed by atoms with van der Waals surface area (Å²) in [5.41, 5.74) is 1.83. The van der Waals surface area contributed by atoms with Gasteiger partial charge in [-0.2, -0.15) is 5.10 Å². The van der Waals surface area contributed by atoms with Crippen LogP contribution in [0.5, 0.6) is 0 Å². The standard InChI is InChI=1S/C18H26N6O/c1-3-8-24-14-16(13-20-24)21-18(25)23-11-9-22(10-12-23)15(2)17-6-4-5-7-19-17/h4-7,13-15H,3,8-12H2,1-2H3,(H,21,25)/t15-/m0/s1. The quantitative estimate of drug-likeness (QED) is 0.907. The first-order valence-corrected chi connectivity index (χ1v) is 8.90. The largest absolute Gasteiger partial charge is 0.322 e. The van der Waals surface area contributed by atoms with Crippen LogP contribution in [0.2, 0.25) is 0 Å². The van der Waals surface area contributed by atoms with Crippen molar-refractivity contribution in [2.24, 2.45) is 0 Å². The third-order valence-corrected chi connectivity index (χ3v) is 4.60. The number of carbonyl (C=O) groups excluding carboxylic acids is 1. The van der Waals surface area contributed by atoms with E-state index in [2.05, 4.69) is 40.2 Å². The molecule has 2 aromatic heterocycles. The molecule has 3 heterocycles. The highest BCUT2D eigenvalue weighted by molar-refractivity contribution is 5.89. The summed E-state index contributed by atoms with van der Waals surface area (Å²) >= 11 is 0. The molecule has 2 aromatic rings. The Balaban J connectivity index is 1.50.